The van der Waals surface area contributed by atoms with Gasteiger partial charge in [0.25, 0.3) is 0 Å². The minimum atomic E-state index is -0.664. The van der Waals surface area contributed by atoms with E-state index in [1.807, 2.05) is 0 Å². The van der Waals surface area contributed by atoms with Crippen molar-refractivity contribution in [1.29, 1.82) is 0 Å². The van der Waals surface area contributed by atoms with E-state index < -0.39 is 12.1 Å². The molecule has 1 amide bonds. The number of esters is 1. The number of allylic oxidation sites excluding steroid dienone is 4. The Morgan fingerprint density at radius 3 is 1.26 bits per heavy atom. The van der Waals surface area contributed by atoms with E-state index in [0.717, 1.165) is 51.4 Å². The second kappa shape index (κ2) is 52.0. The predicted octanol–water partition coefficient (Wildman–Crippen LogP) is 16.7. The molecule has 366 valence electrons. The molecule has 3 N–H and O–H groups in total. The number of hydrogen-bond donors (Lipinski definition) is 3. The maximum absolute atomic E-state index is 12.4. The fourth-order valence-electron chi connectivity index (χ4n) is 8.49. The number of aliphatic hydroxyl groups is 2. The third-order valence-corrected chi connectivity index (χ3v) is 12.8. The molecule has 62 heavy (non-hydrogen) atoms. The predicted molar refractivity (Wildman–Crippen MR) is 269 cm³/mol. The van der Waals surface area contributed by atoms with Gasteiger partial charge in [-0.25, -0.2) is 0 Å². The summed E-state index contributed by atoms with van der Waals surface area (Å²) < 4.78 is 5.47. The number of ether oxygens (including phenoxy) is 1. The van der Waals surface area contributed by atoms with Crippen LogP contribution in [0.5, 0.6) is 0 Å². The van der Waals surface area contributed by atoms with Crippen LogP contribution in [0.4, 0.5) is 0 Å². The van der Waals surface area contributed by atoms with Crippen LogP contribution < -0.4 is 5.32 Å². The lowest BCUT2D eigenvalue weighted by atomic mass is 10.0. The number of nitrogens with one attached hydrogen (secondary N) is 1. The Balaban J connectivity index is 3.39. The first-order valence-electron chi connectivity index (χ1n) is 27.6. The fraction of sp³-hybridized carbons (Fsp3) is 0.893. The highest BCUT2D eigenvalue weighted by atomic mass is 16.5. The number of unbranched alkanes of at least 4 members (excludes halogenated alkanes) is 36. The van der Waals surface area contributed by atoms with Gasteiger partial charge in [-0.15, -0.1) is 0 Å². The number of hydrogen-bond acceptors (Lipinski definition) is 5. The number of aliphatic hydroxyl groups excluding tert-OH is 2. The molecule has 0 aliphatic heterocycles. The van der Waals surface area contributed by atoms with E-state index in [1.165, 1.54) is 212 Å². The van der Waals surface area contributed by atoms with Crippen LogP contribution in [0.3, 0.4) is 0 Å². The lowest BCUT2D eigenvalue weighted by molar-refractivity contribution is -0.143. The molecule has 2 unspecified atom stereocenters. The van der Waals surface area contributed by atoms with E-state index >= 15 is 0 Å². The first kappa shape index (κ1) is 60.3. The summed E-state index contributed by atoms with van der Waals surface area (Å²) in [5.74, 6) is -0.0440. The highest BCUT2D eigenvalue weighted by Gasteiger charge is 2.20. The Hall–Kier alpha value is -1.66. The number of carbonyl (C=O) groups excluding carboxylic acids is 2. The number of rotatable bonds is 51. The van der Waals surface area contributed by atoms with Gasteiger partial charge < -0.3 is 20.3 Å². The highest BCUT2D eigenvalue weighted by molar-refractivity contribution is 5.76. The van der Waals surface area contributed by atoms with Crippen molar-refractivity contribution >= 4 is 11.9 Å². The smallest absolute Gasteiger partial charge is 0.305 e. The lowest BCUT2D eigenvalue weighted by Crippen LogP contribution is -2.45. The van der Waals surface area contributed by atoms with Crippen LogP contribution in [0.15, 0.2) is 24.3 Å². The number of carbonyl (C=O) groups is 2. The summed E-state index contributed by atoms with van der Waals surface area (Å²) in [6.45, 7) is 4.91. The Kier molecular flexibility index (Phi) is 50.6. The SMILES string of the molecule is CCCCC/C=C\C/C=C\CCCCCCCC(=O)OCCCCCCCCCCCCCCCCCCCCCC(=O)NC(CO)C(O)CCCCCCCCCCCCC. The molecule has 0 aromatic carbocycles. The van der Waals surface area contributed by atoms with E-state index in [-0.39, 0.29) is 18.5 Å². The zero-order valence-corrected chi connectivity index (χ0v) is 41.6. The molecule has 6 nitrogen and oxygen atoms in total. The van der Waals surface area contributed by atoms with Crippen LogP contribution in [-0.2, 0) is 14.3 Å². The summed E-state index contributed by atoms with van der Waals surface area (Å²) in [5, 5.41) is 23.2. The van der Waals surface area contributed by atoms with Crippen molar-refractivity contribution in [3.05, 3.63) is 24.3 Å². The zero-order chi connectivity index (χ0) is 45.1. The molecule has 0 fully saturated rings. The second-order valence-electron chi connectivity index (χ2n) is 18.9. The van der Waals surface area contributed by atoms with Gasteiger partial charge in [0.05, 0.1) is 25.4 Å². The quantitative estimate of drug-likeness (QED) is 0.0321. The average molecular weight is 874 g/mol. The molecule has 0 rings (SSSR count). The van der Waals surface area contributed by atoms with Crippen LogP contribution in [0.25, 0.3) is 0 Å². The minimum absolute atomic E-state index is 0.00504. The van der Waals surface area contributed by atoms with Crippen molar-refractivity contribution in [2.75, 3.05) is 13.2 Å². The van der Waals surface area contributed by atoms with Crippen LogP contribution in [0.2, 0.25) is 0 Å². The molecule has 0 spiro atoms. The van der Waals surface area contributed by atoms with E-state index in [0.29, 0.717) is 25.9 Å². The van der Waals surface area contributed by atoms with Crippen LogP contribution >= 0.6 is 0 Å². The molecule has 0 aromatic rings. The van der Waals surface area contributed by atoms with Gasteiger partial charge in [-0.05, 0) is 57.8 Å². The zero-order valence-electron chi connectivity index (χ0n) is 41.6. The minimum Gasteiger partial charge on any atom is -0.466 e. The van der Waals surface area contributed by atoms with Crippen LogP contribution in [-0.4, -0.2) is 47.4 Å². The van der Waals surface area contributed by atoms with Gasteiger partial charge >= 0.3 is 5.97 Å². The Bertz CT molecular complexity index is 966. The Morgan fingerprint density at radius 1 is 0.452 bits per heavy atom. The highest BCUT2D eigenvalue weighted by Crippen LogP contribution is 2.17. The van der Waals surface area contributed by atoms with Gasteiger partial charge in [0.2, 0.25) is 5.91 Å². The molecule has 0 saturated heterocycles. The third-order valence-electron chi connectivity index (χ3n) is 12.8. The maximum atomic E-state index is 12.4. The van der Waals surface area contributed by atoms with Gasteiger partial charge in [-0.3, -0.25) is 9.59 Å². The van der Waals surface area contributed by atoms with Crippen molar-refractivity contribution in [3.63, 3.8) is 0 Å². The summed E-state index contributed by atoms with van der Waals surface area (Å²) in [6.07, 6.45) is 61.6. The van der Waals surface area contributed by atoms with Crippen molar-refractivity contribution in [3.8, 4) is 0 Å². The largest absolute Gasteiger partial charge is 0.466 e. The number of amides is 1. The maximum Gasteiger partial charge on any atom is 0.305 e. The van der Waals surface area contributed by atoms with E-state index in [4.69, 9.17) is 4.74 Å². The molecule has 2 atom stereocenters. The normalized spacial score (nSPS) is 12.8. The fourth-order valence-corrected chi connectivity index (χ4v) is 8.49. The van der Waals surface area contributed by atoms with E-state index in [1.54, 1.807) is 0 Å². The summed E-state index contributed by atoms with van der Waals surface area (Å²) >= 11 is 0. The molecule has 0 aromatic heterocycles. The van der Waals surface area contributed by atoms with Crippen LogP contribution in [0.1, 0.15) is 296 Å². The monoisotopic (exact) mass is 874 g/mol. The topological polar surface area (TPSA) is 95.9 Å². The van der Waals surface area contributed by atoms with E-state index in [2.05, 4.69) is 43.5 Å². The molecule has 0 aliphatic carbocycles. The molecule has 0 saturated carbocycles. The Morgan fingerprint density at radius 2 is 0.806 bits per heavy atom. The molecule has 0 heterocycles. The van der Waals surface area contributed by atoms with Crippen molar-refractivity contribution in [2.45, 2.75) is 309 Å². The molecule has 0 bridgehead atoms. The lowest BCUT2D eigenvalue weighted by Gasteiger charge is -2.22. The summed E-state index contributed by atoms with van der Waals surface area (Å²) in [7, 11) is 0. The summed E-state index contributed by atoms with van der Waals surface area (Å²) in [6, 6.07) is -0.542. The van der Waals surface area contributed by atoms with Gasteiger partial charge in [0.15, 0.2) is 0 Å². The van der Waals surface area contributed by atoms with Gasteiger partial charge in [0, 0.05) is 12.8 Å². The standard InChI is InChI=1S/C56H107NO5/c1-3-5-7-9-11-13-15-16-22-26-30-34-38-42-46-50-56(61)62-51-47-43-39-35-31-27-24-21-19-17-18-20-23-25-29-33-37-41-45-49-55(60)57-53(52-58)54(59)48-44-40-36-32-28-14-12-10-8-6-4-2/h11,13,16,22,53-54,58-59H,3-10,12,14-15,17-21,23-52H2,1-2H3,(H,57,60)/b13-11-,22-16-. The molecule has 0 radical (unpaired) electrons. The molecule has 0 aliphatic rings. The summed E-state index contributed by atoms with van der Waals surface area (Å²) in [4.78, 5) is 24.5. The van der Waals surface area contributed by atoms with E-state index in [9.17, 15) is 19.8 Å². The summed E-state index contributed by atoms with van der Waals surface area (Å²) in [5.41, 5.74) is 0. The van der Waals surface area contributed by atoms with Crippen molar-refractivity contribution in [1.82, 2.24) is 5.32 Å². The third kappa shape index (κ3) is 47.8. The molecule has 6 heteroatoms. The van der Waals surface area contributed by atoms with Gasteiger partial charge in [-0.2, -0.15) is 0 Å². The average Bonchev–Trinajstić information content (AvgIpc) is 3.27. The first-order valence-corrected chi connectivity index (χ1v) is 27.6. The Labute approximate surface area is 386 Å². The molecular formula is C56H107NO5. The first-order chi connectivity index (χ1) is 30.5. The van der Waals surface area contributed by atoms with Gasteiger partial charge in [0.1, 0.15) is 0 Å². The molecular weight excluding hydrogens is 767 g/mol. The second-order valence-corrected chi connectivity index (χ2v) is 18.9. The van der Waals surface area contributed by atoms with Crippen molar-refractivity contribution in [2.24, 2.45) is 0 Å². The van der Waals surface area contributed by atoms with Crippen LogP contribution in [0, 0.1) is 0 Å². The van der Waals surface area contributed by atoms with Crippen molar-refractivity contribution < 1.29 is 24.5 Å². The van der Waals surface area contributed by atoms with Gasteiger partial charge in [-0.1, -0.05) is 250 Å².